The first-order chi connectivity index (χ1) is 2.77. The zero-order valence-corrected chi connectivity index (χ0v) is 6.70. The fraction of sp³-hybridized carbons (Fsp3) is 0.250. The Morgan fingerprint density at radius 1 is 1.86 bits per heavy atom. The number of hydrogen-bond donors (Lipinski definition) is 2. The van der Waals surface area contributed by atoms with E-state index in [9.17, 15) is 0 Å². The SMILES string of the molecule is [C-]#CCC(=N)N.[Y]. The molecule has 0 amide bonds. The largest absolute Gasteiger partial charge is 0.693 e. The normalized spacial score (nSPS) is 5.57. The van der Waals surface area contributed by atoms with Gasteiger partial charge in [0.1, 0.15) is 0 Å². The van der Waals surface area contributed by atoms with Crippen LogP contribution in [0.3, 0.4) is 0 Å². The third-order valence-corrected chi connectivity index (χ3v) is 0.279. The van der Waals surface area contributed by atoms with E-state index in [4.69, 9.17) is 17.6 Å². The Labute approximate surface area is 68.2 Å². The van der Waals surface area contributed by atoms with Crippen molar-refractivity contribution >= 4 is 5.84 Å². The van der Waals surface area contributed by atoms with Crippen LogP contribution in [0.1, 0.15) is 6.42 Å². The average molecular weight is 170 g/mol. The third kappa shape index (κ3) is 10.7. The molecule has 0 aromatic heterocycles. The first-order valence-electron chi connectivity index (χ1n) is 1.50. The van der Waals surface area contributed by atoms with Crippen molar-refractivity contribution in [1.29, 1.82) is 5.41 Å². The van der Waals surface area contributed by atoms with E-state index in [1.54, 1.807) is 0 Å². The van der Waals surface area contributed by atoms with Crippen LogP contribution in [0.25, 0.3) is 0 Å². The predicted molar refractivity (Wildman–Crippen MR) is 23.7 cm³/mol. The van der Waals surface area contributed by atoms with Gasteiger partial charge in [-0.25, -0.2) is 0 Å². The number of hydrogen-bond acceptors (Lipinski definition) is 1. The predicted octanol–water partition coefficient (Wildman–Crippen LogP) is -0.100. The van der Waals surface area contributed by atoms with Crippen molar-refractivity contribution in [2.45, 2.75) is 6.42 Å². The molecule has 0 fully saturated rings. The van der Waals surface area contributed by atoms with Crippen LogP contribution in [0.2, 0.25) is 0 Å². The number of amidine groups is 1. The van der Waals surface area contributed by atoms with E-state index < -0.39 is 0 Å². The average Bonchev–Trinajstić information content (AvgIpc) is 1.35. The van der Waals surface area contributed by atoms with Gasteiger partial charge in [0.15, 0.2) is 0 Å². The number of rotatable bonds is 1. The molecule has 0 heterocycles. The summed E-state index contributed by atoms with van der Waals surface area (Å²) < 4.78 is 0. The van der Waals surface area contributed by atoms with Gasteiger partial charge in [-0.2, -0.15) is 0 Å². The Morgan fingerprint density at radius 3 is 2.29 bits per heavy atom. The van der Waals surface area contributed by atoms with Crippen LogP contribution in [-0.2, 0) is 32.7 Å². The molecular weight excluding hydrogens is 165 g/mol. The Kier molecular flexibility index (Phi) is 8.92. The summed E-state index contributed by atoms with van der Waals surface area (Å²) in [6, 6.07) is 0. The van der Waals surface area contributed by atoms with E-state index in [1.165, 1.54) is 0 Å². The van der Waals surface area contributed by atoms with Gasteiger partial charge in [-0.15, -0.1) is 0 Å². The fourth-order valence-corrected chi connectivity index (χ4v) is 0.0952. The van der Waals surface area contributed by atoms with Gasteiger partial charge in [-0.05, 0) is 0 Å². The summed E-state index contributed by atoms with van der Waals surface area (Å²) in [5.74, 6) is 1.96. The molecule has 0 aromatic carbocycles. The van der Waals surface area contributed by atoms with Gasteiger partial charge < -0.3 is 18.1 Å². The van der Waals surface area contributed by atoms with Crippen LogP contribution >= 0.6 is 0 Å². The summed E-state index contributed by atoms with van der Waals surface area (Å²) in [5.41, 5.74) is 4.80. The van der Waals surface area contributed by atoms with E-state index in [1.807, 2.05) is 5.92 Å². The molecule has 0 saturated heterocycles. The molecule has 2 nitrogen and oxygen atoms in total. The summed E-state index contributed by atoms with van der Waals surface area (Å²) in [5, 5.41) is 6.49. The van der Waals surface area contributed by atoms with Crippen molar-refractivity contribution in [2.24, 2.45) is 5.73 Å². The molecule has 0 spiro atoms. The van der Waals surface area contributed by atoms with Gasteiger partial charge in [-0.1, -0.05) is 0 Å². The smallest absolute Gasteiger partial charge is 0.0994 e. The maximum atomic E-state index is 6.49. The Morgan fingerprint density at radius 2 is 2.29 bits per heavy atom. The number of nitrogens with one attached hydrogen (secondary N) is 1. The maximum absolute atomic E-state index is 6.49. The minimum absolute atomic E-state index is 0. The van der Waals surface area contributed by atoms with Crippen molar-refractivity contribution in [3.63, 3.8) is 0 Å². The van der Waals surface area contributed by atoms with Crippen LogP contribution in [0.4, 0.5) is 0 Å². The summed E-state index contributed by atoms with van der Waals surface area (Å²) in [6.07, 6.45) is 6.42. The molecule has 0 rings (SSSR count). The molecule has 0 aliphatic heterocycles. The van der Waals surface area contributed by atoms with Gasteiger partial charge >= 0.3 is 0 Å². The molecule has 3 N–H and O–H groups in total. The molecule has 0 unspecified atom stereocenters. The quantitative estimate of drug-likeness (QED) is 0.245. The standard InChI is InChI=1S/C4H5N2.Y/c1-2-3-4(5)6;/h3H2,(H3,5,6);/q-1;. The van der Waals surface area contributed by atoms with E-state index in [-0.39, 0.29) is 45.0 Å². The molecule has 3 heteroatoms. The van der Waals surface area contributed by atoms with Crippen molar-refractivity contribution in [3.05, 3.63) is 6.42 Å². The maximum Gasteiger partial charge on any atom is 0.0994 e. The van der Waals surface area contributed by atoms with Crippen LogP contribution in [0.5, 0.6) is 0 Å². The van der Waals surface area contributed by atoms with Gasteiger partial charge in [0.2, 0.25) is 0 Å². The number of nitrogens with two attached hydrogens (primary N) is 1. The molecule has 0 bridgehead atoms. The van der Waals surface area contributed by atoms with Crippen molar-refractivity contribution in [1.82, 2.24) is 0 Å². The Balaban J connectivity index is 0. The second-order valence-electron chi connectivity index (χ2n) is 0.879. The molecule has 7 heavy (non-hydrogen) atoms. The van der Waals surface area contributed by atoms with Crippen LogP contribution in [-0.4, -0.2) is 5.84 Å². The fourth-order valence-electron chi connectivity index (χ4n) is 0.0952. The molecule has 0 aromatic rings. The molecule has 35 valence electrons. The molecule has 0 aliphatic rings. The minimum atomic E-state index is -0.00926. The van der Waals surface area contributed by atoms with E-state index >= 15 is 0 Å². The summed E-state index contributed by atoms with van der Waals surface area (Å²) in [7, 11) is 0. The topological polar surface area (TPSA) is 49.9 Å². The second kappa shape index (κ2) is 6.13. The first-order valence-corrected chi connectivity index (χ1v) is 1.50. The van der Waals surface area contributed by atoms with Crippen molar-refractivity contribution < 1.29 is 32.7 Å². The van der Waals surface area contributed by atoms with E-state index in [0.29, 0.717) is 0 Å². The third-order valence-electron chi connectivity index (χ3n) is 0.279. The summed E-state index contributed by atoms with van der Waals surface area (Å²) in [6.45, 7) is 0. The Hall–Kier alpha value is 0.134. The molecule has 0 atom stereocenters. The van der Waals surface area contributed by atoms with E-state index in [2.05, 4.69) is 0 Å². The molecule has 1 radical (unpaired) electrons. The van der Waals surface area contributed by atoms with Crippen LogP contribution < -0.4 is 5.73 Å². The molecular formula is C4H5N2Y-. The first kappa shape index (κ1) is 10.2. The minimum Gasteiger partial charge on any atom is -0.693 e. The van der Waals surface area contributed by atoms with Crippen LogP contribution in [0, 0.1) is 17.8 Å². The second-order valence-corrected chi connectivity index (χ2v) is 0.879. The van der Waals surface area contributed by atoms with Crippen LogP contribution in [0.15, 0.2) is 0 Å². The van der Waals surface area contributed by atoms with E-state index in [0.717, 1.165) is 0 Å². The zero-order chi connectivity index (χ0) is 4.99. The molecule has 0 saturated carbocycles. The Bertz CT molecular complexity index is 92.4. The summed E-state index contributed by atoms with van der Waals surface area (Å²) in [4.78, 5) is 0. The summed E-state index contributed by atoms with van der Waals surface area (Å²) >= 11 is 0. The van der Waals surface area contributed by atoms with Gasteiger partial charge in [0, 0.05) is 39.1 Å². The monoisotopic (exact) mass is 170 g/mol. The zero-order valence-electron chi connectivity index (χ0n) is 3.86. The molecule has 0 aliphatic carbocycles. The van der Waals surface area contributed by atoms with Crippen molar-refractivity contribution in [2.75, 3.05) is 0 Å². The van der Waals surface area contributed by atoms with Crippen molar-refractivity contribution in [3.8, 4) is 5.92 Å². The van der Waals surface area contributed by atoms with Gasteiger partial charge in [-0.3, -0.25) is 5.41 Å². The van der Waals surface area contributed by atoms with Gasteiger partial charge in [0.05, 0.1) is 5.84 Å². The van der Waals surface area contributed by atoms with Gasteiger partial charge in [0.25, 0.3) is 0 Å².